The van der Waals surface area contributed by atoms with Crippen LogP contribution < -0.4 is 0 Å². The predicted octanol–water partition coefficient (Wildman–Crippen LogP) is 2.44. The minimum Gasteiger partial charge on any atom is -0.454 e. The van der Waals surface area contributed by atoms with Gasteiger partial charge in [0.05, 0.1) is 17.6 Å². The van der Waals surface area contributed by atoms with Crippen LogP contribution in [-0.4, -0.2) is 52.4 Å². The van der Waals surface area contributed by atoms with Crippen molar-refractivity contribution in [3.8, 4) is 0 Å². The van der Waals surface area contributed by atoms with E-state index in [0.717, 1.165) is 12.0 Å². The average Bonchev–Trinajstić information content (AvgIpc) is 2.94. The molecule has 2 bridgehead atoms. The topological polar surface area (TPSA) is 102 Å². The van der Waals surface area contributed by atoms with E-state index in [1.54, 1.807) is 0 Å². The highest BCUT2D eigenvalue weighted by atomic mass is 16.8. The third-order valence-corrected chi connectivity index (χ3v) is 9.37. The minimum absolute atomic E-state index is 0.0268. The number of ether oxygens (including phenoxy) is 3. The van der Waals surface area contributed by atoms with Crippen molar-refractivity contribution in [1.29, 1.82) is 0 Å². The van der Waals surface area contributed by atoms with Crippen LogP contribution in [-0.2, 0) is 19.0 Å². The van der Waals surface area contributed by atoms with Crippen molar-refractivity contribution in [1.82, 2.24) is 0 Å². The van der Waals surface area contributed by atoms with Gasteiger partial charge in [0, 0.05) is 18.8 Å². The molecule has 166 valence electrons. The quantitative estimate of drug-likeness (QED) is 0.496. The van der Waals surface area contributed by atoms with Crippen LogP contribution >= 0.6 is 0 Å². The molecule has 4 aliphatic carbocycles. The summed E-state index contributed by atoms with van der Waals surface area (Å²) in [5, 5.41) is 23.5. The number of hydrogen-bond acceptors (Lipinski definition) is 7. The van der Waals surface area contributed by atoms with Crippen LogP contribution in [0.3, 0.4) is 0 Å². The molecule has 0 amide bonds. The lowest BCUT2D eigenvalue weighted by Gasteiger charge is -2.50. The molecule has 1 heterocycles. The van der Waals surface area contributed by atoms with Gasteiger partial charge >= 0.3 is 12.1 Å². The highest BCUT2D eigenvalue weighted by molar-refractivity contribution is 5.69. The highest BCUT2D eigenvalue weighted by Crippen LogP contribution is 2.74. The van der Waals surface area contributed by atoms with Crippen molar-refractivity contribution in [3.63, 3.8) is 0 Å². The Hall–Kier alpha value is -1.60. The van der Waals surface area contributed by atoms with Gasteiger partial charge in [-0.05, 0) is 42.1 Å². The number of hydrogen-bond donors (Lipinski definition) is 2. The van der Waals surface area contributed by atoms with Crippen LogP contribution in [0, 0.1) is 40.4 Å². The Bertz CT molecular complexity index is 848. The number of esters is 1. The molecule has 0 aromatic carbocycles. The van der Waals surface area contributed by atoms with Gasteiger partial charge < -0.3 is 24.4 Å². The maximum Gasteiger partial charge on any atom is 0.509 e. The van der Waals surface area contributed by atoms with Crippen LogP contribution in [0.4, 0.5) is 4.79 Å². The molecule has 0 aromatic heterocycles. The van der Waals surface area contributed by atoms with Crippen molar-refractivity contribution in [2.75, 3.05) is 0 Å². The van der Waals surface area contributed by atoms with E-state index in [1.807, 2.05) is 19.9 Å². The molecule has 1 saturated heterocycles. The summed E-state index contributed by atoms with van der Waals surface area (Å²) in [5.74, 6) is -0.903. The van der Waals surface area contributed by atoms with E-state index in [9.17, 15) is 19.8 Å². The molecule has 30 heavy (non-hydrogen) atoms. The zero-order valence-electron chi connectivity index (χ0n) is 18.4. The predicted molar refractivity (Wildman–Crippen MR) is 105 cm³/mol. The monoisotopic (exact) mass is 420 g/mol. The maximum atomic E-state index is 12.5. The number of aliphatic hydroxyl groups is 2. The second-order valence-electron chi connectivity index (χ2n) is 11.0. The van der Waals surface area contributed by atoms with Gasteiger partial charge in [0.15, 0.2) is 12.2 Å². The molecule has 0 radical (unpaired) electrons. The molecular formula is C23H32O7. The van der Waals surface area contributed by atoms with Crippen LogP contribution in [0.2, 0.25) is 0 Å². The van der Waals surface area contributed by atoms with Crippen molar-refractivity contribution in [2.45, 2.75) is 78.0 Å². The first-order valence-corrected chi connectivity index (χ1v) is 11.0. The summed E-state index contributed by atoms with van der Waals surface area (Å²) in [6.07, 6.45) is -1.58. The summed E-state index contributed by atoms with van der Waals surface area (Å²) in [6, 6.07) is 0. The highest BCUT2D eigenvalue weighted by Gasteiger charge is 2.82. The smallest absolute Gasteiger partial charge is 0.454 e. The number of aliphatic hydroxyl groups excluding tert-OH is 2. The first-order valence-electron chi connectivity index (χ1n) is 11.0. The van der Waals surface area contributed by atoms with Crippen LogP contribution in [0.1, 0.15) is 48.0 Å². The van der Waals surface area contributed by atoms with Gasteiger partial charge in [0.25, 0.3) is 0 Å². The molecule has 4 fully saturated rings. The largest absolute Gasteiger partial charge is 0.509 e. The molecule has 3 saturated carbocycles. The van der Waals surface area contributed by atoms with Gasteiger partial charge in [0.2, 0.25) is 5.60 Å². The summed E-state index contributed by atoms with van der Waals surface area (Å²) in [6.45, 7) is 11.5. The first kappa shape index (κ1) is 20.3. The minimum atomic E-state index is -1.39. The molecule has 2 spiro atoms. The Morgan fingerprint density at radius 3 is 2.57 bits per heavy atom. The second-order valence-corrected chi connectivity index (χ2v) is 11.0. The normalized spacial score (nSPS) is 55.0. The van der Waals surface area contributed by atoms with Gasteiger partial charge in [-0.1, -0.05) is 33.8 Å². The second kappa shape index (κ2) is 5.80. The van der Waals surface area contributed by atoms with E-state index >= 15 is 0 Å². The average molecular weight is 421 g/mol. The number of rotatable bonds is 1. The van der Waals surface area contributed by atoms with Crippen LogP contribution in [0.5, 0.6) is 0 Å². The Morgan fingerprint density at radius 1 is 1.27 bits per heavy atom. The number of fused-ring (bicyclic) bond motifs is 3. The molecule has 1 unspecified atom stereocenters. The lowest BCUT2D eigenvalue weighted by atomic mass is 9.58. The molecule has 11 atom stereocenters. The Kier molecular flexibility index (Phi) is 3.92. The summed E-state index contributed by atoms with van der Waals surface area (Å²) in [4.78, 5) is 24.5. The first-order chi connectivity index (χ1) is 13.9. The van der Waals surface area contributed by atoms with Gasteiger partial charge in [-0.2, -0.15) is 0 Å². The molecule has 7 nitrogen and oxygen atoms in total. The van der Waals surface area contributed by atoms with Crippen molar-refractivity contribution in [2.24, 2.45) is 40.4 Å². The van der Waals surface area contributed by atoms with Gasteiger partial charge in [0.1, 0.15) is 0 Å². The summed E-state index contributed by atoms with van der Waals surface area (Å²) in [7, 11) is 0. The van der Waals surface area contributed by atoms with Crippen molar-refractivity contribution >= 4 is 12.1 Å². The van der Waals surface area contributed by atoms with E-state index in [1.165, 1.54) is 6.92 Å². The lowest BCUT2D eigenvalue weighted by Crippen LogP contribution is -2.66. The zero-order chi connectivity index (χ0) is 22.0. The fourth-order valence-corrected chi connectivity index (χ4v) is 8.08. The third-order valence-electron chi connectivity index (χ3n) is 9.37. The van der Waals surface area contributed by atoms with Crippen LogP contribution in [0.15, 0.2) is 11.6 Å². The zero-order valence-corrected chi connectivity index (χ0v) is 18.4. The molecule has 0 aromatic rings. The summed E-state index contributed by atoms with van der Waals surface area (Å²) in [5.41, 5.74) is -1.63. The molecule has 7 heteroatoms. The van der Waals surface area contributed by atoms with E-state index in [-0.39, 0.29) is 23.2 Å². The molecule has 2 N–H and O–H groups in total. The SMILES string of the molecule is CC(=O)O[C@H]1C(C)=C[C@]23C(O)[C@@H]([C@H](O)[C@H](C)[C@H]4OC(=O)O[C@@]412)[C@H]1[C@@H](C[C@H]3C)C1(C)C. The fraction of sp³-hybridized carbons (Fsp3) is 0.826. The number of carbonyl (C=O) groups excluding carboxylic acids is 2. The molecule has 1 aliphatic heterocycles. The third kappa shape index (κ3) is 2.04. The molecule has 5 aliphatic rings. The van der Waals surface area contributed by atoms with E-state index < -0.39 is 53.5 Å². The van der Waals surface area contributed by atoms with Gasteiger partial charge in [-0.25, -0.2) is 4.79 Å². The van der Waals surface area contributed by atoms with Gasteiger partial charge in [-0.15, -0.1) is 0 Å². The van der Waals surface area contributed by atoms with E-state index in [2.05, 4.69) is 20.8 Å². The lowest BCUT2D eigenvalue weighted by molar-refractivity contribution is -0.195. The molecular weight excluding hydrogens is 388 g/mol. The fourth-order valence-electron chi connectivity index (χ4n) is 8.08. The van der Waals surface area contributed by atoms with E-state index in [4.69, 9.17) is 14.2 Å². The number of carbonyl (C=O) groups is 2. The van der Waals surface area contributed by atoms with Crippen LogP contribution in [0.25, 0.3) is 0 Å². The Labute approximate surface area is 176 Å². The summed E-state index contributed by atoms with van der Waals surface area (Å²) >= 11 is 0. The maximum absolute atomic E-state index is 12.5. The van der Waals surface area contributed by atoms with Gasteiger partial charge in [-0.3, -0.25) is 4.79 Å². The van der Waals surface area contributed by atoms with E-state index in [0.29, 0.717) is 5.92 Å². The van der Waals surface area contributed by atoms with Crippen molar-refractivity contribution < 1.29 is 34.0 Å². The molecule has 5 rings (SSSR count). The Morgan fingerprint density at radius 2 is 1.93 bits per heavy atom. The Balaban J connectivity index is 1.78. The standard InChI is InChI=1S/C23H32O7/c1-9-8-22-10(2)7-13-15(21(13,5)6)14(17(22)26)16(25)11(3)19-23(22,30-20(27)29-19)18(9)28-12(4)24/h8,10-11,13-19,25-26H,7H2,1-6H3/t10-,11+,13-,14-,15-,16-,17?,18+,19-,22+,23-/m1/s1. The van der Waals surface area contributed by atoms with Crippen molar-refractivity contribution in [3.05, 3.63) is 11.6 Å². The summed E-state index contributed by atoms with van der Waals surface area (Å²) < 4.78 is 17.4.